The fourth-order valence-electron chi connectivity index (χ4n) is 2.69. The highest BCUT2D eigenvalue weighted by molar-refractivity contribution is 5.93. The van der Waals surface area contributed by atoms with Crippen LogP contribution in [0.15, 0.2) is 48.8 Å². The number of nitrogens with zero attached hydrogens (tertiary/aromatic N) is 4. The van der Waals surface area contributed by atoms with Crippen molar-refractivity contribution in [2.24, 2.45) is 13.0 Å². The van der Waals surface area contributed by atoms with Crippen molar-refractivity contribution in [3.05, 3.63) is 54.4 Å². The normalized spacial score (nSPS) is 12.1. The third-order valence-electron chi connectivity index (χ3n) is 4.04. The number of anilines is 1. The van der Waals surface area contributed by atoms with Gasteiger partial charge in [0, 0.05) is 30.6 Å². The van der Waals surface area contributed by atoms with Gasteiger partial charge in [0.2, 0.25) is 5.91 Å². The summed E-state index contributed by atoms with van der Waals surface area (Å²) in [6.07, 6.45) is 3.56. The maximum absolute atomic E-state index is 12.5. The van der Waals surface area contributed by atoms with Crippen molar-refractivity contribution in [1.82, 2.24) is 19.6 Å². The molecule has 1 unspecified atom stereocenters. The lowest BCUT2D eigenvalue weighted by atomic mass is 10.1. The van der Waals surface area contributed by atoms with Gasteiger partial charge >= 0.3 is 0 Å². The van der Waals surface area contributed by atoms with Gasteiger partial charge in [-0.1, -0.05) is 37.3 Å². The van der Waals surface area contributed by atoms with Gasteiger partial charge in [0.15, 0.2) is 0 Å². The zero-order valence-corrected chi connectivity index (χ0v) is 14.1. The van der Waals surface area contributed by atoms with Crippen molar-refractivity contribution in [3.63, 3.8) is 0 Å². The average Bonchev–Trinajstić information content (AvgIpc) is 3.19. The topological polar surface area (TPSA) is 64.7 Å². The highest BCUT2D eigenvalue weighted by Gasteiger charge is 2.19. The lowest BCUT2D eigenvalue weighted by molar-refractivity contribution is -0.119. The predicted molar refractivity (Wildman–Crippen MR) is 93.4 cm³/mol. The molecule has 0 aliphatic heterocycles. The van der Waals surface area contributed by atoms with Gasteiger partial charge in [0.25, 0.3) is 0 Å². The number of carbonyl (C=O) groups is 1. The monoisotopic (exact) mass is 323 g/mol. The van der Waals surface area contributed by atoms with Gasteiger partial charge in [-0.2, -0.15) is 10.2 Å². The van der Waals surface area contributed by atoms with Gasteiger partial charge in [0.05, 0.1) is 18.2 Å². The maximum atomic E-state index is 12.5. The van der Waals surface area contributed by atoms with Crippen LogP contribution in [-0.2, 0) is 18.4 Å². The third-order valence-corrected chi connectivity index (χ3v) is 4.04. The Bertz CT molecular complexity index is 821. The number of benzene rings is 1. The number of hydrogen-bond donors (Lipinski definition) is 1. The summed E-state index contributed by atoms with van der Waals surface area (Å²) in [4.78, 5) is 12.5. The standard InChI is InChI=1S/C18H21N5O/c1-13(12-23-11-7-10-19-23)18(24)20-17-14(2)16(21-22(17)3)15-8-5-4-6-9-15/h4-11,13H,12H2,1-3H3,(H,20,24). The minimum atomic E-state index is -0.195. The van der Waals surface area contributed by atoms with Crippen LogP contribution >= 0.6 is 0 Å². The van der Waals surface area contributed by atoms with Crippen molar-refractivity contribution < 1.29 is 4.79 Å². The minimum absolute atomic E-state index is 0.0452. The summed E-state index contributed by atoms with van der Waals surface area (Å²) < 4.78 is 3.48. The molecule has 124 valence electrons. The zero-order chi connectivity index (χ0) is 17.1. The van der Waals surface area contributed by atoms with E-state index in [-0.39, 0.29) is 11.8 Å². The second kappa shape index (κ2) is 6.70. The maximum Gasteiger partial charge on any atom is 0.230 e. The molecule has 1 N–H and O–H groups in total. The Morgan fingerprint density at radius 3 is 2.67 bits per heavy atom. The third kappa shape index (κ3) is 3.22. The van der Waals surface area contributed by atoms with Crippen LogP contribution < -0.4 is 5.32 Å². The van der Waals surface area contributed by atoms with E-state index in [0.717, 1.165) is 22.6 Å². The molecule has 0 bridgehead atoms. The van der Waals surface area contributed by atoms with E-state index in [0.29, 0.717) is 6.54 Å². The van der Waals surface area contributed by atoms with Gasteiger partial charge in [-0.05, 0) is 13.0 Å². The summed E-state index contributed by atoms with van der Waals surface area (Å²) in [5.74, 6) is 0.488. The summed E-state index contributed by atoms with van der Waals surface area (Å²) in [5.41, 5.74) is 2.88. The molecule has 1 amide bonds. The van der Waals surface area contributed by atoms with Crippen LogP contribution in [0.25, 0.3) is 11.3 Å². The van der Waals surface area contributed by atoms with Crippen molar-refractivity contribution in [3.8, 4) is 11.3 Å². The van der Waals surface area contributed by atoms with Crippen molar-refractivity contribution in [1.29, 1.82) is 0 Å². The molecule has 6 heteroatoms. The fourth-order valence-corrected chi connectivity index (χ4v) is 2.69. The van der Waals surface area contributed by atoms with E-state index in [2.05, 4.69) is 15.5 Å². The minimum Gasteiger partial charge on any atom is -0.310 e. The van der Waals surface area contributed by atoms with Crippen LogP contribution in [0.2, 0.25) is 0 Å². The molecule has 0 aliphatic rings. The Balaban J connectivity index is 1.78. The Morgan fingerprint density at radius 2 is 2.00 bits per heavy atom. The SMILES string of the molecule is Cc1c(-c2ccccc2)nn(C)c1NC(=O)C(C)Cn1cccn1. The van der Waals surface area contributed by atoms with Gasteiger partial charge in [-0.15, -0.1) is 0 Å². The largest absolute Gasteiger partial charge is 0.310 e. The van der Waals surface area contributed by atoms with Gasteiger partial charge < -0.3 is 5.32 Å². The van der Waals surface area contributed by atoms with Gasteiger partial charge in [-0.3, -0.25) is 14.2 Å². The highest BCUT2D eigenvalue weighted by atomic mass is 16.2. The number of nitrogens with one attached hydrogen (secondary N) is 1. The molecule has 2 heterocycles. The van der Waals surface area contributed by atoms with E-state index >= 15 is 0 Å². The Labute approximate surface area is 141 Å². The first-order chi connectivity index (χ1) is 11.6. The van der Waals surface area contributed by atoms with Crippen LogP contribution in [0.1, 0.15) is 12.5 Å². The molecule has 1 aromatic carbocycles. The van der Waals surface area contributed by atoms with E-state index in [9.17, 15) is 4.79 Å². The smallest absolute Gasteiger partial charge is 0.230 e. The van der Waals surface area contributed by atoms with Crippen LogP contribution in [0.4, 0.5) is 5.82 Å². The summed E-state index contributed by atoms with van der Waals surface area (Å²) in [6, 6.07) is 11.8. The van der Waals surface area contributed by atoms with E-state index in [1.807, 2.05) is 63.5 Å². The molecule has 3 rings (SSSR count). The average molecular weight is 323 g/mol. The zero-order valence-electron chi connectivity index (χ0n) is 14.1. The van der Waals surface area contributed by atoms with E-state index in [1.165, 1.54) is 0 Å². The molecule has 6 nitrogen and oxygen atoms in total. The molecule has 0 saturated heterocycles. The van der Waals surface area contributed by atoms with Crippen LogP contribution in [-0.4, -0.2) is 25.5 Å². The summed E-state index contributed by atoms with van der Waals surface area (Å²) >= 11 is 0. The fraction of sp³-hybridized carbons (Fsp3) is 0.278. The van der Waals surface area contributed by atoms with Crippen molar-refractivity contribution >= 4 is 11.7 Å². The first-order valence-electron chi connectivity index (χ1n) is 7.93. The first-order valence-corrected chi connectivity index (χ1v) is 7.93. The number of amides is 1. The quantitative estimate of drug-likeness (QED) is 0.785. The van der Waals surface area contributed by atoms with Crippen LogP contribution in [0.3, 0.4) is 0 Å². The molecular formula is C18H21N5O. The predicted octanol–water partition coefficient (Wildman–Crippen LogP) is 2.87. The molecule has 0 saturated carbocycles. The number of carbonyl (C=O) groups excluding carboxylic acids is 1. The number of hydrogen-bond acceptors (Lipinski definition) is 3. The van der Waals surface area contributed by atoms with Crippen molar-refractivity contribution in [2.45, 2.75) is 20.4 Å². The van der Waals surface area contributed by atoms with Gasteiger partial charge in [-0.25, -0.2) is 0 Å². The molecule has 0 fully saturated rings. The van der Waals surface area contributed by atoms with Crippen LogP contribution in [0.5, 0.6) is 0 Å². The molecule has 1 atom stereocenters. The second-order valence-corrected chi connectivity index (χ2v) is 5.93. The number of aromatic nitrogens is 4. The lowest BCUT2D eigenvalue weighted by Gasteiger charge is -2.13. The molecule has 0 radical (unpaired) electrons. The Kier molecular flexibility index (Phi) is 4.46. The number of rotatable bonds is 5. The summed E-state index contributed by atoms with van der Waals surface area (Å²) in [6.45, 7) is 4.41. The van der Waals surface area contributed by atoms with E-state index in [4.69, 9.17) is 0 Å². The van der Waals surface area contributed by atoms with Crippen LogP contribution in [0, 0.1) is 12.8 Å². The molecule has 2 aromatic heterocycles. The molecule has 0 aliphatic carbocycles. The summed E-state index contributed by atoms with van der Waals surface area (Å²) in [5, 5.41) is 11.7. The molecular weight excluding hydrogens is 302 g/mol. The summed E-state index contributed by atoms with van der Waals surface area (Å²) in [7, 11) is 1.84. The number of aryl methyl sites for hydroxylation is 1. The molecule has 0 spiro atoms. The molecule has 24 heavy (non-hydrogen) atoms. The van der Waals surface area contributed by atoms with E-state index < -0.39 is 0 Å². The van der Waals surface area contributed by atoms with E-state index in [1.54, 1.807) is 15.6 Å². The molecule has 3 aromatic rings. The Hall–Kier alpha value is -2.89. The highest BCUT2D eigenvalue weighted by Crippen LogP contribution is 2.27. The first kappa shape index (κ1) is 16.0. The van der Waals surface area contributed by atoms with Crippen molar-refractivity contribution in [2.75, 3.05) is 5.32 Å². The second-order valence-electron chi connectivity index (χ2n) is 5.93. The Morgan fingerprint density at radius 1 is 1.25 bits per heavy atom. The lowest BCUT2D eigenvalue weighted by Crippen LogP contribution is -2.26. The van der Waals surface area contributed by atoms with Gasteiger partial charge in [0.1, 0.15) is 5.82 Å².